The van der Waals surface area contributed by atoms with Crippen LogP contribution in [0.15, 0.2) is 91.0 Å². The third-order valence-corrected chi connectivity index (χ3v) is 6.75. The van der Waals surface area contributed by atoms with E-state index in [9.17, 15) is 22.8 Å². The maximum absolute atomic E-state index is 13.2. The van der Waals surface area contributed by atoms with Gasteiger partial charge in [0.2, 0.25) is 15.9 Å². The highest BCUT2D eigenvalue weighted by Gasteiger charge is 2.32. The zero-order chi connectivity index (χ0) is 27.4. The first-order valence-corrected chi connectivity index (χ1v) is 13.3. The van der Waals surface area contributed by atoms with E-state index in [1.807, 2.05) is 6.07 Å². The Morgan fingerprint density at radius 1 is 0.789 bits per heavy atom. The molecule has 0 aromatic heterocycles. The first-order chi connectivity index (χ1) is 18.3. The Bertz CT molecular complexity index is 1300. The third-order valence-electron chi connectivity index (χ3n) is 5.40. The van der Waals surface area contributed by atoms with Gasteiger partial charge in [0.25, 0.3) is 0 Å². The van der Waals surface area contributed by atoms with Crippen molar-refractivity contribution in [3.05, 3.63) is 108 Å². The van der Waals surface area contributed by atoms with Gasteiger partial charge in [0.05, 0.1) is 12.9 Å². The summed E-state index contributed by atoms with van der Waals surface area (Å²) in [5, 5.41) is 4.88. The molecule has 0 saturated heterocycles. The molecular formula is C27H29N3O7S. The molecule has 0 unspecified atom stereocenters. The molecule has 11 heteroatoms. The van der Waals surface area contributed by atoms with E-state index in [1.54, 1.807) is 84.9 Å². The molecule has 3 aromatic carbocycles. The highest BCUT2D eigenvalue weighted by atomic mass is 32.2. The number of rotatable bonds is 12. The zero-order valence-electron chi connectivity index (χ0n) is 20.7. The molecule has 2 amide bonds. The molecule has 3 N–H and O–H groups in total. The fourth-order valence-electron chi connectivity index (χ4n) is 3.46. The maximum atomic E-state index is 13.2. The number of nitrogens with one attached hydrogen (secondary N) is 3. The van der Waals surface area contributed by atoms with Crippen LogP contribution in [0.2, 0.25) is 0 Å². The molecule has 0 fully saturated rings. The van der Waals surface area contributed by atoms with Crippen molar-refractivity contribution in [2.75, 3.05) is 12.9 Å². The van der Waals surface area contributed by atoms with Crippen LogP contribution in [-0.4, -0.2) is 45.3 Å². The zero-order valence-corrected chi connectivity index (χ0v) is 21.5. The van der Waals surface area contributed by atoms with Crippen LogP contribution in [0.1, 0.15) is 22.7 Å². The molecule has 200 valence electrons. The Hall–Kier alpha value is -4.22. The van der Waals surface area contributed by atoms with Gasteiger partial charge in [-0.1, -0.05) is 91.0 Å². The second-order valence-corrected chi connectivity index (χ2v) is 10.1. The Labute approximate surface area is 221 Å². The molecule has 10 nitrogen and oxygen atoms in total. The van der Waals surface area contributed by atoms with Crippen molar-refractivity contribution in [1.29, 1.82) is 0 Å². The number of ether oxygens (including phenoxy) is 2. The van der Waals surface area contributed by atoms with Crippen LogP contribution >= 0.6 is 0 Å². The van der Waals surface area contributed by atoms with Gasteiger partial charge in [-0.25, -0.2) is 22.7 Å². The van der Waals surface area contributed by atoms with Gasteiger partial charge in [0.15, 0.2) is 0 Å². The van der Waals surface area contributed by atoms with Crippen molar-refractivity contribution in [3.63, 3.8) is 0 Å². The van der Waals surface area contributed by atoms with Gasteiger partial charge in [-0.3, -0.25) is 4.79 Å². The van der Waals surface area contributed by atoms with Crippen LogP contribution in [0.25, 0.3) is 0 Å². The Morgan fingerprint density at radius 3 is 1.92 bits per heavy atom. The minimum atomic E-state index is -4.01. The fourth-order valence-corrected chi connectivity index (χ4v) is 4.62. The molecule has 0 bridgehead atoms. The van der Waals surface area contributed by atoms with E-state index in [-0.39, 0.29) is 13.2 Å². The average Bonchev–Trinajstić information content (AvgIpc) is 2.94. The molecule has 0 radical (unpaired) electrons. The lowest BCUT2D eigenvalue weighted by Gasteiger charge is -2.22. The number of alkyl carbamates (subject to hydrolysis) is 1. The summed E-state index contributed by atoms with van der Waals surface area (Å²) in [4.78, 5) is 38.2. The lowest BCUT2D eigenvalue weighted by atomic mass is 10.1. The highest BCUT2D eigenvalue weighted by Crippen LogP contribution is 2.14. The van der Waals surface area contributed by atoms with Crippen LogP contribution < -0.4 is 15.4 Å². The second-order valence-electron chi connectivity index (χ2n) is 8.22. The fraction of sp³-hybridized carbons (Fsp3) is 0.222. The largest absolute Gasteiger partial charge is 0.467 e. The van der Waals surface area contributed by atoms with Crippen molar-refractivity contribution in [1.82, 2.24) is 15.4 Å². The summed E-state index contributed by atoms with van der Waals surface area (Å²) in [5.41, 5.74) is 1.87. The number of amides is 2. The first kappa shape index (κ1) is 28.4. The number of carbonyl (C=O) groups is 3. The van der Waals surface area contributed by atoms with Crippen LogP contribution in [-0.2, 0) is 42.2 Å². The summed E-state index contributed by atoms with van der Waals surface area (Å²) < 4.78 is 37.7. The molecule has 38 heavy (non-hydrogen) atoms. The molecule has 3 rings (SSSR count). The number of sulfonamides is 1. The van der Waals surface area contributed by atoms with E-state index < -0.39 is 45.8 Å². The Kier molecular flexibility index (Phi) is 10.4. The van der Waals surface area contributed by atoms with Crippen LogP contribution in [0.3, 0.4) is 0 Å². The van der Waals surface area contributed by atoms with Crippen molar-refractivity contribution in [2.24, 2.45) is 0 Å². The molecule has 0 aliphatic heterocycles. The van der Waals surface area contributed by atoms with Crippen molar-refractivity contribution >= 4 is 28.0 Å². The molecule has 0 spiro atoms. The normalized spacial score (nSPS) is 12.6. The summed E-state index contributed by atoms with van der Waals surface area (Å²) >= 11 is 0. The quantitative estimate of drug-likeness (QED) is 0.300. The predicted molar refractivity (Wildman–Crippen MR) is 140 cm³/mol. The highest BCUT2D eigenvalue weighted by molar-refractivity contribution is 7.89. The van der Waals surface area contributed by atoms with E-state index in [0.29, 0.717) is 5.56 Å². The number of benzene rings is 3. The first-order valence-electron chi connectivity index (χ1n) is 11.7. The molecule has 0 aliphatic rings. The van der Waals surface area contributed by atoms with Gasteiger partial charge >= 0.3 is 12.1 Å². The lowest BCUT2D eigenvalue weighted by Crippen LogP contribution is -2.51. The molecular weight excluding hydrogens is 510 g/mol. The van der Waals surface area contributed by atoms with Gasteiger partial charge in [-0.15, -0.1) is 0 Å². The molecule has 2 atom stereocenters. The smallest absolute Gasteiger partial charge is 0.408 e. The summed E-state index contributed by atoms with van der Waals surface area (Å²) in [6.07, 6.45) is -0.871. The third kappa shape index (κ3) is 9.02. The number of hydrogen-bond donors (Lipinski definition) is 3. The number of methoxy groups -OCH3 is 1. The van der Waals surface area contributed by atoms with Crippen molar-refractivity contribution < 1.29 is 32.3 Å². The van der Waals surface area contributed by atoms with Crippen LogP contribution in [0.5, 0.6) is 0 Å². The summed E-state index contributed by atoms with van der Waals surface area (Å²) in [7, 11) is -2.93. The lowest BCUT2D eigenvalue weighted by molar-refractivity contribution is -0.144. The monoisotopic (exact) mass is 539 g/mol. The maximum Gasteiger partial charge on any atom is 0.408 e. The summed E-state index contributed by atoms with van der Waals surface area (Å²) in [6, 6.07) is 23.3. The summed E-state index contributed by atoms with van der Waals surface area (Å²) in [6.45, 7) is -0.0155. The number of hydrogen-bond acceptors (Lipinski definition) is 7. The van der Waals surface area contributed by atoms with E-state index >= 15 is 0 Å². The topological polar surface area (TPSA) is 140 Å². The Morgan fingerprint density at radius 2 is 1.34 bits per heavy atom. The van der Waals surface area contributed by atoms with Gasteiger partial charge in [-0.2, -0.15) is 0 Å². The molecule has 0 aliphatic carbocycles. The van der Waals surface area contributed by atoms with Crippen LogP contribution in [0, 0.1) is 0 Å². The van der Waals surface area contributed by atoms with E-state index in [4.69, 9.17) is 9.47 Å². The minimum Gasteiger partial charge on any atom is -0.467 e. The standard InChI is InChI=1S/C27H29N3O7S/c1-36-26(32)23(19-38(34,35)28-17-20-11-5-2-6-12-20)29-25(31)24(22-15-9-4-10-16-22)30-27(33)37-18-21-13-7-3-8-14-21/h2-16,23-24,28H,17-19H2,1H3,(H,29,31)(H,30,33)/t23-,24-/m0/s1. The van der Waals surface area contributed by atoms with Crippen molar-refractivity contribution in [3.8, 4) is 0 Å². The number of esters is 1. The molecule has 0 saturated carbocycles. The van der Waals surface area contributed by atoms with Gasteiger partial charge in [-0.05, 0) is 16.7 Å². The van der Waals surface area contributed by atoms with E-state index in [0.717, 1.165) is 18.2 Å². The molecule has 0 heterocycles. The summed E-state index contributed by atoms with van der Waals surface area (Å²) in [5.74, 6) is -2.54. The van der Waals surface area contributed by atoms with E-state index in [2.05, 4.69) is 15.4 Å². The number of carbonyl (C=O) groups excluding carboxylic acids is 3. The minimum absolute atomic E-state index is 0.00641. The van der Waals surface area contributed by atoms with Gasteiger partial charge in [0, 0.05) is 6.54 Å². The second kappa shape index (κ2) is 13.9. The van der Waals surface area contributed by atoms with Gasteiger partial charge in [0.1, 0.15) is 18.7 Å². The van der Waals surface area contributed by atoms with Crippen LogP contribution in [0.4, 0.5) is 4.79 Å². The van der Waals surface area contributed by atoms with Crippen molar-refractivity contribution in [2.45, 2.75) is 25.2 Å². The van der Waals surface area contributed by atoms with Gasteiger partial charge < -0.3 is 20.1 Å². The van der Waals surface area contributed by atoms with E-state index in [1.165, 1.54) is 0 Å². The molecule has 3 aromatic rings. The Balaban J connectivity index is 1.70. The average molecular weight is 540 g/mol. The SMILES string of the molecule is COC(=O)[C@H](CS(=O)(=O)NCc1ccccc1)NC(=O)[C@@H](NC(=O)OCc1ccccc1)c1ccccc1. The predicted octanol–water partition coefficient (Wildman–Crippen LogP) is 2.43.